The van der Waals surface area contributed by atoms with E-state index in [1.165, 1.54) is 19.3 Å². The van der Waals surface area contributed by atoms with Gasteiger partial charge in [-0.2, -0.15) is 5.10 Å². The van der Waals surface area contributed by atoms with Gasteiger partial charge in [0.25, 0.3) is 0 Å². The molecule has 0 radical (unpaired) electrons. The van der Waals surface area contributed by atoms with Crippen molar-refractivity contribution in [3.8, 4) is 17.0 Å². The quantitative estimate of drug-likeness (QED) is 0.548. The van der Waals surface area contributed by atoms with Crippen LogP contribution in [0.4, 0.5) is 5.82 Å². The smallest absolute Gasteiger partial charge is 0.129 e. The molecule has 6 rings (SSSR count). The summed E-state index contributed by atoms with van der Waals surface area (Å²) in [5, 5.41) is 19.6. The van der Waals surface area contributed by atoms with Crippen LogP contribution in [-0.4, -0.2) is 50.0 Å². The van der Waals surface area contributed by atoms with Crippen molar-refractivity contribution < 1.29 is 5.11 Å². The van der Waals surface area contributed by atoms with Gasteiger partial charge in [-0.3, -0.25) is 4.68 Å². The van der Waals surface area contributed by atoms with E-state index in [1.807, 2.05) is 37.5 Å². The van der Waals surface area contributed by atoms with E-state index in [9.17, 15) is 5.11 Å². The van der Waals surface area contributed by atoms with Crippen molar-refractivity contribution in [2.75, 3.05) is 18.0 Å². The molecule has 7 nitrogen and oxygen atoms in total. The minimum absolute atomic E-state index is 0.184. The zero-order valence-corrected chi connectivity index (χ0v) is 16.9. The van der Waals surface area contributed by atoms with Gasteiger partial charge in [0.05, 0.1) is 22.2 Å². The summed E-state index contributed by atoms with van der Waals surface area (Å²) in [6, 6.07) is 12.9. The molecule has 2 N–H and O–H groups in total. The van der Waals surface area contributed by atoms with Gasteiger partial charge in [-0.05, 0) is 49.6 Å². The lowest BCUT2D eigenvalue weighted by Gasteiger charge is -2.18. The second kappa shape index (κ2) is 6.67. The van der Waals surface area contributed by atoms with E-state index >= 15 is 0 Å². The SMILES string of the molecule is Cn1cc2cc(-c3ccc4nc(N5CC[C@@H](NC6CC6)C5)ccc4n3)c(O)cc2n1. The van der Waals surface area contributed by atoms with Crippen LogP contribution in [-0.2, 0) is 7.05 Å². The van der Waals surface area contributed by atoms with Gasteiger partial charge in [-0.15, -0.1) is 0 Å². The second-order valence-electron chi connectivity index (χ2n) is 8.51. The molecule has 4 heterocycles. The Hall–Kier alpha value is -3.19. The fourth-order valence-electron chi connectivity index (χ4n) is 4.40. The van der Waals surface area contributed by atoms with Crippen LogP contribution in [0.5, 0.6) is 5.75 Å². The molecule has 0 bridgehead atoms. The Morgan fingerprint density at radius 2 is 1.80 bits per heavy atom. The molecule has 1 aliphatic heterocycles. The average Bonchev–Trinajstić information content (AvgIpc) is 3.30. The number of aryl methyl sites for hydroxylation is 1. The number of aromatic hydroxyl groups is 1. The van der Waals surface area contributed by atoms with Gasteiger partial charge in [0.2, 0.25) is 0 Å². The fraction of sp³-hybridized carbons (Fsp3) is 0.348. The molecule has 2 aliphatic rings. The van der Waals surface area contributed by atoms with Crippen LogP contribution in [0, 0.1) is 0 Å². The van der Waals surface area contributed by atoms with Crippen LogP contribution in [0.15, 0.2) is 42.6 Å². The Morgan fingerprint density at radius 3 is 2.67 bits per heavy atom. The van der Waals surface area contributed by atoms with Gasteiger partial charge in [0.15, 0.2) is 0 Å². The van der Waals surface area contributed by atoms with E-state index in [0.29, 0.717) is 11.6 Å². The summed E-state index contributed by atoms with van der Waals surface area (Å²) in [7, 11) is 1.87. The van der Waals surface area contributed by atoms with Crippen LogP contribution < -0.4 is 10.2 Å². The molecule has 4 aromatic rings. The number of benzene rings is 1. The fourth-order valence-corrected chi connectivity index (χ4v) is 4.40. The molecule has 2 fully saturated rings. The van der Waals surface area contributed by atoms with Gasteiger partial charge in [0, 0.05) is 55.4 Å². The predicted octanol–water partition coefficient (Wildman–Crippen LogP) is 3.22. The maximum atomic E-state index is 10.5. The van der Waals surface area contributed by atoms with Crippen molar-refractivity contribution in [1.29, 1.82) is 0 Å². The topological polar surface area (TPSA) is 79.1 Å². The highest BCUT2D eigenvalue weighted by atomic mass is 16.3. The highest BCUT2D eigenvalue weighted by Crippen LogP contribution is 2.33. The van der Waals surface area contributed by atoms with Crippen molar-refractivity contribution in [3.63, 3.8) is 0 Å². The Kier molecular flexibility index (Phi) is 3.92. The Morgan fingerprint density at radius 1 is 0.967 bits per heavy atom. The number of nitrogens with one attached hydrogen (secondary N) is 1. The number of fused-ring (bicyclic) bond motifs is 2. The molecule has 152 valence electrons. The van der Waals surface area contributed by atoms with E-state index in [4.69, 9.17) is 9.97 Å². The standard InChI is InChI=1S/C23H24N6O/c1-28-12-14-10-17(22(30)11-21(14)27-28)18-4-5-20-19(25-18)6-7-23(26-20)29-9-8-16(13-29)24-15-2-3-15/h4-7,10-12,15-16,24,30H,2-3,8-9,13H2,1H3/t16-/m1/s1. The van der Waals surface area contributed by atoms with Gasteiger partial charge in [0.1, 0.15) is 11.6 Å². The number of phenols is 1. The summed E-state index contributed by atoms with van der Waals surface area (Å²) < 4.78 is 1.75. The number of hydrogen-bond acceptors (Lipinski definition) is 6. The summed E-state index contributed by atoms with van der Waals surface area (Å²) in [6.45, 7) is 2.05. The number of hydrogen-bond donors (Lipinski definition) is 2. The van der Waals surface area contributed by atoms with Crippen LogP contribution in [0.3, 0.4) is 0 Å². The van der Waals surface area contributed by atoms with Crippen LogP contribution in [0.2, 0.25) is 0 Å². The molecular weight excluding hydrogens is 376 g/mol. The van der Waals surface area contributed by atoms with Crippen molar-refractivity contribution in [1.82, 2.24) is 25.1 Å². The maximum absolute atomic E-state index is 10.5. The van der Waals surface area contributed by atoms with Crippen molar-refractivity contribution in [3.05, 3.63) is 42.6 Å². The maximum Gasteiger partial charge on any atom is 0.129 e. The van der Waals surface area contributed by atoms with E-state index in [0.717, 1.165) is 52.6 Å². The first-order chi connectivity index (χ1) is 14.6. The third kappa shape index (κ3) is 3.15. The third-order valence-electron chi connectivity index (χ3n) is 6.10. The van der Waals surface area contributed by atoms with Crippen LogP contribution in [0.25, 0.3) is 33.2 Å². The molecule has 1 saturated heterocycles. The molecule has 0 unspecified atom stereocenters. The Balaban J connectivity index is 1.30. The van der Waals surface area contributed by atoms with Gasteiger partial charge in [-0.25, -0.2) is 9.97 Å². The zero-order chi connectivity index (χ0) is 20.2. The van der Waals surface area contributed by atoms with E-state index in [-0.39, 0.29) is 5.75 Å². The summed E-state index contributed by atoms with van der Waals surface area (Å²) in [6.07, 6.45) is 5.75. The largest absolute Gasteiger partial charge is 0.507 e. The van der Waals surface area contributed by atoms with E-state index < -0.39 is 0 Å². The first kappa shape index (κ1) is 17.7. The third-order valence-corrected chi connectivity index (χ3v) is 6.10. The molecule has 30 heavy (non-hydrogen) atoms. The number of aromatic nitrogens is 4. The van der Waals surface area contributed by atoms with Gasteiger partial charge in [-0.1, -0.05) is 0 Å². The molecule has 0 amide bonds. The summed E-state index contributed by atoms with van der Waals surface area (Å²) in [5.74, 6) is 1.20. The monoisotopic (exact) mass is 400 g/mol. The van der Waals surface area contributed by atoms with E-state index in [1.54, 1.807) is 10.7 Å². The molecule has 7 heteroatoms. The normalized spacial score (nSPS) is 19.2. The van der Waals surface area contributed by atoms with Crippen molar-refractivity contribution >= 4 is 27.8 Å². The molecule has 1 aromatic carbocycles. The van der Waals surface area contributed by atoms with Gasteiger partial charge >= 0.3 is 0 Å². The minimum atomic E-state index is 0.184. The molecular formula is C23H24N6O. The van der Waals surface area contributed by atoms with Gasteiger partial charge < -0.3 is 15.3 Å². The summed E-state index contributed by atoms with van der Waals surface area (Å²) >= 11 is 0. The predicted molar refractivity (Wildman–Crippen MR) is 118 cm³/mol. The number of anilines is 1. The first-order valence-electron chi connectivity index (χ1n) is 10.6. The number of nitrogens with zero attached hydrogens (tertiary/aromatic N) is 5. The average molecular weight is 400 g/mol. The Labute approximate surface area is 174 Å². The lowest BCUT2D eigenvalue weighted by Crippen LogP contribution is -2.34. The lowest BCUT2D eigenvalue weighted by atomic mass is 10.1. The molecule has 1 atom stereocenters. The highest BCUT2D eigenvalue weighted by molar-refractivity contribution is 5.88. The number of phenolic OH excluding ortho intramolecular Hbond substituents is 1. The molecule has 1 saturated carbocycles. The second-order valence-corrected chi connectivity index (χ2v) is 8.51. The number of pyridine rings is 2. The van der Waals surface area contributed by atoms with Crippen LogP contribution >= 0.6 is 0 Å². The highest BCUT2D eigenvalue weighted by Gasteiger charge is 2.29. The van der Waals surface area contributed by atoms with Crippen LogP contribution in [0.1, 0.15) is 19.3 Å². The first-order valence-corrected chi connectivity index (χ1v) is 10.6. The number of rotatable bonds is 4. The summed E-state index contributed by atoms with van der Waals surface area (Å²) in [4.78, 5) is 12.0. The lowest BCUT2D eigenvalue weighted by molar-refractivity contribution is 0.478. The van der Waals surface area contributed by atoms with Crippen molar-refractivity contribution in [2.45, 2.75) is 31.3 Å². The summed E-state index contributed by atoms with van der Waals surface area (Å²) in [5.41, 5.74) is 3.90. The molecule has 1 aliphatic carbocycles. The van der Waals surface area contributed by atoms with E-state index in [2.05, 4.69) is 21.4 Å². The molecule has 0 spiro atoms. The Bertz CT molecular complexity index is 1260. The minimum Gasteiger partial charge on any atom is -0.507 e. The van der Waals surface area contributed by atoms with Crippen molar-refractivity contribution in [2.24, 2.45) is 7.05 Å². The zero-order valence-electron chi connectivity index (χ0n) is 16.9. The molecule has 3 aromatic heterocycles.